The van der Waals surface area contributed by atoms with E-state index in [2.05, 4.69) is 18.8 Å². The van der Waals surface area contributed by atoms with Gasteiger partial charge in [-0.2, -0.15) is 0 Å². The molecular weight excluding hydrogens is 274 g/mol. The lowest BCUT2D eigenvalue weighted by molar-refractivity contribution is -0.111. The fourth-order valence-corrected chi connectivity index (χ4v) is 2.44. The van der Waals surface area contributed by atoms with Crippen LogP contribution in [0, 0.1) is 0 Å². The van der Waals surface area contributed by atoms with Gasteiger partial charge in [0, 0.05) is 5.69 Å². The van der Waals surface area contributed by atoms with Crippen LogP contribution in [0.15, 0.2) is 30.9 Å². The largest absolute Gasteiger partial charge is 0.494 e. The predicted octanol–water partition coefficient (Wildman–Crippen LogP) is 5.11. The summed E-state index contributed by atoms with van der Waals surface area (Å²) in [5.74, 6) is 0.738. The molecule has 1 amide bonds. The van der Waals surface area contributed by atoms with E-state index in [9.17, 15) is 4.79 Å². The van der Waals surface area contributed by atoms with Crippen LogP contribution >= 0.6 is 0 Å². The first-order valence-electron chi connectivity index (χ1n) is 8.40. The molecule has 0 atom stereocenters. The van der Waals surface area contributed by atoms with E-state index < -0.39 is 0 Å². The molecule has 0 saturated carbocycles. The molecule has 22 heavy (non-hydrogen) atoms. The molecule has 1 rings (SSSR count). The van der Waals surface area contributed by atoms with Crippen molar-refractivity contribution >= 4 is 11.6 Å². The molecule has 0 saturated heterocycles. The number of carbonyl (C=O) groups is 1. The summed E-state index contributed by atoms with van der Waals surface area (Å²) >= 11 is 0. The van der Waals surface area contributed by atoms with Crippen molar-refractivity contribution in [2.75, 3.05) is 11.9 Å². The number of carbonyl (C=O) groups excluding carboxylic acids is 1. The van der Waals surface area contributed by atoms with Gasteiger partial charge in [0.15, 0.2) is 0 Å². The van der Waals surface area contributed by atoms with E-state index in [1.54, 1.807) is 0 Å². The topological polar surface area (TPSA) is 38.3 Å². The van der Waals surface area contributed by atoms with Crippen molar-refractivity contribution in [3.8, 4) is 5.75 Å². The average Bonchev–Trinajstić information content (AvgIpc) is 2.53. The number of ether oxygens (including phenoxy) is 1. The molecule has 122 valence electrons. The molecule has 0 bridgehead atoms. The molecule has 0 aliphatic rings. The number of nitrogens with one attached hydrogen (secondary N) is 1. The first-order chi connectivity index (χ1) is 10.7. The van der Waals surface area contributed by atoms with E-state index in [1.165, 1.54) is 43.7 Å². The molecule has 3 nitrogen and oxygen atoms in total. The monoisotopic (exact) mass is 303 g/mol. The quantitative estimate of drug-likeness (QED) is 0.455. The van der Waals surface area contributed by atoms with Gasteiger partial charge in [-0.05, 0) is 49.6 Å². The van der Waals surface area contributed by atoms with Gasteiger partial charge in [-0.3, -0.25) is 4.79 Å². The van der Waals surface area contributed by atoms with E-state index in [0.29, 0.717) is 6.61 Å². The summed E-state index contributed by atoms with van der Waals surface area (Å²) in [6, 6.07) is 5.82. The second-order valence-electron chi connectivity index (χ2n) is 5.47. The van der Waals surface area contributed by atoms with Crippen molar-refractivity contribution in [1.29, 1.82) is 0 Å². The second-order valence-corrected chi connectivity index (χ2v) is 5.47. The molecule has 1 aromatic carbocycles. The fraction of sp³-hybridized carbons (Fsp3) is 0.526. The van der Waals surface area contributed by atoms with Crippen LogP contribution in [0.4, 0.5) is 5.69 Å². The third-order valence-electron chi connectivity index (χ3n) is 3.61. The van der Waals surface area contributed by atoms with Crippen LogP contribution in [0.5, 0.6) is 5.75 Å². The Morgan fingerprint density at radius 1 is 1.18 bits per heavy atom. The number of anilines is 1. The van der Waals surface area contributed by atoms with Crippen molar-refractivity contribution in [1.82, 2.24) is 0 Å². The van der Waals surface area contributed by atoms with Crippen LogP contribution in [-0.4, -0.2) is 12.5 Å². The Bertz CT molecular complexity index is 469. The maximum absolute atomic E-state index is 11.4. The predicted molar refractivity (Wildman–Crippen MR) is 93.5 cm³/mol. The highest BCUT2D eigenvalue weighted by Crippen LogP contribution is 2.25. The average molecular weight is 303 g/mol. The lowest BCUT2D eigenvalue weighted by atomic mass is 10.0. The summed E-state index contributed by atoms with van der Waals surface area (Å²) in [5.41, 5.74) is 1.97. The number of hydrogen-bond acceptors (Lipinski definition) is 2. The minimum atomic E-state index is -0.185. The Kier molecular flexibility index (Phi) is 9.04. The van der Waals surface area contributed by atoms with Gasteiger partial charge in [0.2, 0.25) is 5.91 Å². The SMILES string of the molecule is C=CC(=O)Nc1ccc(OCC)c(CCCCCCCC)c1. The van der Waals surface area contributed by atoms with E-state index >= 15 is 0 Å². The zero-order valence-electron chi connectivity index (χ0n) is 14.0. The molecule has 0 aliphatic carbocycles. The lowest BCUT2D eigenvalue weighted by Gasteiger charge is -2.12. The van der Waals surface area contributed by atoms with Crippen molar-refractivity contribution in [3.05, 3.63) is 36.4 Å². The van der Waals surface area contributed by atoms with E-state index in [1.807, 2.05) is 25.1 Å². The summed E-state index contributed by atoms with van der Waals surface area (Å²) in [5, 5.41) is 2.81. The number of amides is 1. The highest BCUT2D eigenvalue weighted by molar-refractivity contribution is 5.98. The van der Waals surface area contributed by atoms with Gasteiger partial charge in [-0.15, -0.1) is 0 Å². The Balaban J connectivity index is 2.61. The first-order valence-corrected chi connectivity index (χ1v) is 8.40. The summed E-state index contributed by atoms with van der Waals surface area (Å²) in [4.78, 5) is 11.4. The van der Waals surface area contributed by atoms with Crippen LogP contribution < -0.4 is 10.1 Å². The first kappa shape index (κ1) is 18.3. The minimum absolute atomic E-state index is 0.185. The van der Waals surface area contributed by atoms with Gasteiger partial charge < -0.3 is 10.1 Å². The molecular formula is C19H29NO2. The third-order valence-corrected chi connectivity index (χ3v) is 3.61. The molecule has 1 aromatic rings. The highest BCUT2D eigenvalue weighted by atomic mass is 16.5. The second kappa shape index (κ2) is 10.9. The molecule has 0 fully saturated rings. The molecule has 0 aliphatic heterocycles. The van der Waals surface area contributed by atoms with Gasteiger partial charge in [-0.25, -0.2) is 0 Å². The van der Waals surface area contributed by atoms with Crippen LogP contribution in [0.2, 0.25) is 0 Å². The van der Waals surface area contributed by atoms with Crippen LogP contribution in [0.3, 0.4) is 0 Å². The summed E-state index contributed by atoms with van der Waals surface area (Å²) in [7, 11) is 0. The van der Waals surface area contributed by atoms with Crippen LogP contribution in [0.1, 0.15) is 57.9 Å². The number of rotatable bonds is 11. The maximum Gasteiger partial charge on any atom is 0.247 e. The van der Waals surface area contributed by atoms with Gasteiger partial charge >= 0.3 is 0 Å². The van der Waals surface area contributed by atoms with Crippen LogP contribution in [0.25, 0.3) is 0 Å². The smallest absolute Gasteiger partial charge is 0.247 e. The van der Waals surface area contributed by atoms with Gasteiger partial charge in [0.05, 0.1) is 6.61 Å². The molecule has 0 radical (unpaired) electrons. The number of unbranched alkanes of at least 4 members (excludes halogenated alkanes) is 5. The molecule has 0 spiro atoms. The van der Waals surface area contributed by atoms with E-state index in [-0.39, 0.29) is 5.91 Å². The van der Waals surface area contributed by atoms with Crippen molar-refractivity contribution in [2.45, 2.75) is 58.8 Å². The van der Waals surface area contributed by atoms with Crippen LogP contribution in [-0.2, 0) is 11.2 Å². The zero-order chi connectivity index (χ0) is 16.2. The van der Waals surface area contributed by atoms with Gasteiger partial charge in [-0.1, -0.05) is 45.6 Å². The Hall–Kier alpha value is -1.77. The summed E-state index contributed by atoms with van der Waals surface area (Å²) < 4.78 is 5.69. The Labute approximate surface area is 134 Å². The van der Waals surface area contributed by atoms with E-state index in [0.717, 1.165) is 24.3 Å². The Morgan fingerprint density at radius 2 is 1.91 bits per heavy atom. The maximum atomic E-state index is 11.4. The van der Waals surface area contributed by atoms with Gasteiger partial charge in [0.1, 0.15) is 5.75 Å². The normalized spacial score (nSPS) is 10.3. The standard InChI is InChI=1S/C19H29NO2/c1-4-7-8-9-10-11-12-16-15-17(20-19(21)5-2)13-14-18(16)22-6-3/h5,13-15H,2,4,6-12H2,1,3H3,(H,20,21). The van der Waals surface area contributed by atoms with Crippen molar-refractivity contribution in [2.24, 2.45) is 0 Å². The summed E-state index contributed by atoms with van der Waals surface area (Å²) in [6.45, 7) is 8.35. The molecule has 3 heteroatoms. The molecule has 1 N–H and O–H groups in total. The van der Waals surface area contributed by atoms with E-state index in [4.69, 9.17) is 4.74 Å². The fourth-order valence-electron chi connectivity index (χ4n) is 2.44. The Morgan fingerprint density at radius 3 is 2.59 bits per heavy atom. The minimum Gasteiger partial charge on any atom is -0.494 e. The third kappa shape index (κ3) is 6.79. The highest BCUT2D eigenvalue weighted by Gasteiger charge is 2.06. The lowest BCUT2D eigenvalue weighted by Crippen LogP contribution is -2.08. The van der Waals surface area contributed by atoms with Crippen molar-refractivity contribution < 1.29 is 9.53 Å². The zero-order valence-corrected chi connectivity index (χ0v) is 14.0. The van der Waals surface area contributed by atoms with Crippen molar-refractivity contribution in [3.63, 3.8) is 0 Å². The number of aryl methyl sites for hydroxylation is 1. The summed E-state index contributed by atoms with van der Waals surface area (Å²) in [6.07, 6.45) is 9.89. The molecule has 0 heterocycles. The molecule has 0 unspecified atom stereocenters. The number of hydrogen-bond donors (Lipinski definition) is 1. The van der Waals surface area contributed by atoms with Gasteiger partial charge in [0.25, 0.3) is 0 Å². The molecule has 0 aromatic heterocycles. The number of benzene rings is 1.